The Kier molecular flexibility index (Phi) is 5.28. The normalized spacial score (nSPS) is 10.2. The molecule has 2 rings (SSSR count). The molecule has 0 radical (unpaired) electrons. The second-order valence-electron chi connectivity index (χ2n) is 4.53. The third-order valence-corrected chi connectivity index (χ3v) is 3.05. The smallest absolute Gasteiger partial charge is 0.146 e. The van der Waals surface area contributed by atoms with E-state index in [2.05, 4.69) is 12.1 Å². The Morgan fingerprint density at radius 3 is 2.60 bits per heavy atom. The largest absolute Gasteiger partial charge is 0.377 e. The highest BCUT2D eigenvalue weighted by Gasteiger charge is 2.07. The second-order valence-corrected chi connectivity index (χ2v) is 4.53. The lowest BCUT2D eigenvalue weighted by Gasteiger charge is -2.06. The van der Waals surface area contributed by atoms with Crippen molar-refractivity contribution in [1.82, 2.24) is 0 Å². The van der Waals surface area contributed by atoms with E-state index in [1.807, 2.05) is 24.3 Å². The van der Waals surface area contributed by atoms with Crippen LogP contribution < -0.4 is 0 Å². The van der Waals surface area contributed by atoms with Crippen LogP contribution in [-0.2, 0) is 17.8 Å². The Morgan fingerprint density at radius 1 is 1.05 bits per heavy atom. The molecule has 0 bridgehead atoms. The first-order chi connectivity index (χ1) is 9.81. The summed E-state index contributed by atoms with van der Waals surface area (Å²) in [6.45, 7) is 0.779. The zero-order valence-electron chi connectivity index (χ0n) is 11.2. The van der Waals surface area contributed by atoms with E-state index in [1.54, 1.807) is 12.1 Å². The Labute approximate surface area is 118 Å². The summed E-state index contributed by atoms with van der Waals surface area (Å²) in [5.74, 6) is -0.474. The van der Waals surface area contributed by atoms with Gasteiger partial charge in [-0.25, -0.2) is 4.39 Å². The quantitative estimate of drug-likeness (QED) is 0.746. The van der Waals surface area contributed by atoms with Gasteiger partial charge in [-0.2, -0.15) is 5.26 Å². The Bertz CT molecular complexity index is 590. The van der Waals surface area contributed by atoms with Gasteiger partial charge < -0.3 is 4.74 Å². The van der Waals surface area contributed by atoms with Crippen LogP contribution in [0.3, 0.4) is 0 Å². The Balaban J connectivity index is 1.75. The van der Waals surface area contributed by atoms with Crippen molar-refractivity contribution in [1.29, 1.82) is 5.26 Å². The fourth-order valence-electron chi connectivity index (χ4n) is 1.98. The first-order valence-corrected chi connectivity index (χ1v) is 6.60. The summed E-state index contributed by atoms with van der Waals surface area (Å²) in [5.41, 5.74) is 1.77. The van der Waals surface area contributed by atoms with Gasteiger partial charge >= 0.3 is 0 Å². The van der Waals surface area contributed by atoms with E-state index < -0.39 is 5.82 Å². The van der Waals surface area contributed by atoms with Gasteiger partial charge in [-0.3, -0.25) is 0 Å². The lowest BCUT2D eigenvalue weighted by Crippen LogP contribution is -2.00. The third kappa shape index (κ3) is 3.91. The first-order valence-electron chi connectivity index (χ1n) is 6.60. The molecule has 0 aliphatic carbocycles. The van der Waals surface area contributed by atoms with Crippen LogP contribution in [0.2, 0.25) is 0 Å². The second kappa shape index (κ2) is 7.42. The first kappa shape index (κ1) is 14.2. The highest BCUT2D eigenvalue weighted by molar-refractivity contribution is 5.34. The van der Waals surface area contributed by atoms with Crippen LogP contribution >= 0.6 is 0 Å². The standard InChI is InChI=1S/C17H16FNO/c18-17-15(12-19)9-4-10-16(17)13-20-11-5-8-14-6-2-1-3-7-14/h1-4,6-7,9-10H,5,8,11,13H2. The van der Waals surface area contributed by atoms with Gasteiger partial charge in [0.05, 0.1) is 12.2 Å². The summed E-state index contributed by atoms with van der Waals surface area (Å²) in [4.78, 5) is 0. The number of nitriles is 1. The summed E-state index contributed by atoms with van der Waals surface area (Å²) in [7, 11) is 0. The molecule has 0 saturated carbocycles. The molecule has 0 aliphatic rings. The Hall–Kier alpha value is -2.18. The van der Waals surface area contributed by atoms with Gasteiger partial charge in [-0.15, -0.1) is 0 Å². The molecule has 0 fully saturated rings. The summed E-state index contributed by atoms with van der Waals surface area (Å²) >= 11 is 0. The van der Waals surface area contributed by atoms with Crippen LogP contribution in [0.15, 0.2) is 48.5 Å². The predicted octanol–water partition coefficient (Wildman–Crippen LogP) is 3.85. The third-order valence-electron chi connectivity index (χ3n) is 3.05. The van der Waals surface area contributed by atoms with Crippen LogP contribution in [0.4, 0.5) is 4.39 Å². The van der Waals surface area contributed by atoms with E-state index in [4.69, 9.17) is 10.00 Å². The number of rotatable bonds is 6. The van der Waals surface area contributed by atoms with Crippen LogP contribution in [0.25, 0.3) is 0 Å². The van der Waals surface area contributed by atoms with Gasteiger partial charge in [0.2, 0.25) is 0 Å². The van der Waals surface area contributed by atoms with Crippen LogP contribution in [0.5, 0.6) is 0 Å². The molecule has 102 valence electrons. The molecule has 0 unspecified atom stereocenters. The lowest BCUT2D eigenvalue weighted by molar-refractivity contribution is 0.116. The van der Waals surface area contributed by atoms with E-state index in [0.717, 1.165) is 12.8 Å². The van der Waals surface area contributed by atoms with Gasteiger partial charge in [0.1, 0.15) is 11.9 Å². The van der Waals surface area contributed by atoms with Gasteiger partial charge in [-0.1, -0.05) is 42.5 Å². The van der Waals surface area contributed by atoms with E-state index in [9.17, 15) is 4.39 Å². The summed E-state index contributed by atoms with van der Waals surface area (Å²) < 4.78 is 19.2. The summed E-state index contributed by atoms with van der Waals surface area (Å²) in [6.07, 6.45) is 1.84. The minimum absolute atomic E-state index is 0.0652. The van der Waals surface area contributed by atoms with Crippen molar-refractivity contribution >= 4 is 0 Å². The molecule has 2 aromatic carbocycles. The van der Waals surface area contributed by atoms with Crippen molar-refractivity contribution in [2.24, 2.45) is 0 Å². The highest BCUT2D eigenvalue weighted by Crippen LogP contribution is 2.13. The number of aryl methyl sites for hydroxylation is 1. The molecular weight excluding hydrogens is 253 g/mol. The molecular formula is C17H16FNO. The van der Waals surface area contributed by atoms with E-state index in [-0.39, 0.29) is 12.2 Å². The lowest BCUT2D eigenvalue weighted by atomic mass is 10.1. The SMILES string of the molecule is N#Cc1cccc(COCCCc2ccccc2)c1F. The van der Waals surface area contributed by atoms with Gasteiger partial charge in [0.25, 0.3) is 0 Å². The molecule has 2 aromatic rings. The molecule has 0 N–H and O–H groups in total. The van der Waals surface area contributed by atoms with Crippen molar-refractivity contribution in [2.75, 3.05) is 6.61 Å². The maximum absolute atomic E-state index is 13.7. The molecule has 0 spiro atoms. The topological polar surface area (TPSA) is 33.0 Å². The number of hydrogen-bond donors (Lipinski definition) is 0. The summed E-state index contributed by atoms with van der Waals surface area (Å²) in [5, 5.41) is 8.75. The van der Waals surface area contributed by atoms with Crippen molar-refractivity contribution in [3.05, 3.63) is 71.0 Å². The maximum atomic E-state index is 13.7. The van der Waals surface area contributed by atoms with E-state index >= 15 is 0 Å². The van der Waals surface area contributed by atoms with Crippen molar-refractivity contribution < 1.29 is 9.13 Å². The highest BCUT2D eigenvalue weighted by atomic mass is 19.1. The van der Waals surface area contributed by atoms with Gasteiger partial charge in [0, 0.05) is 12.2 Å². The predicted molar refractivity (Wildman–Crippen MR) is 75.5 cm³/mol. The molecule has 2 nitrogen and oxygen atoms in total. The molecule has 0 amide bonds. The van der Waals surface area contributed by atoms with Gasteiger partial charge in [-0.05, 0) is 24.5 Å². The fraction of sp³-hybridized carbons (Fsp3) is 0.235. The van der Waals surface area contributed by atoms with E-state index in [1.165, 1.54) is 11.6 Å². The molecule has 0 aromatic heterocycles. The van der Waals surface area contributed by atoms with E-state index in [0.29, 0.717) is 12.2 Å². The molecule has 3 heteroatoms. The van der Waals surface area contributed by atoms with Crippen molar-refractivity contribution in [3.8, 4) is 6.07 Å². The molecule has 0 atom stereocenters. The number of halogens is 1. The number of ether oxygens (including phenoxy) is 1. The number of hydrogen-bond acceptors (Lipinski definition) is 2. The Morgan fingerprint density at radius 2 is 1.85 bits per heavy atom. The van der Waals surface area contributed by atoms with Crippen LogP contribution in [0.1, 0.15) is 23.1 Å². The summed E-state index contributed by atoms with van der Waals surface area (Å²) in [6, 6.07) is 16.8. The maximum Gasteiger partial charge on any atom is 0.146 e. The van der Waals surface area contributed by atoms with Crippen LogP contribution in [-0.4, -0.2) is 6.61 Å². The van der Waals surface area contributed by atoms with Crippen molar-refractivity contribution in [2.45, 2.75) is 19.4 Å². The minimum atomic E-state index is -0.474. The number of benzene rings is 2. The molecule has 0 aliphatic heterocycles. The molecule has 0 heterocycles. The average Bonchev–Trinajstić information content (AvgIpc) is 2.49. The molecule has 0 saturated heterocycles. The molecule has 20 heavy (non-hydrogen) atoms. The zero-order valence-corrected chi connectivity index (χ0v) is 11.2. The van der Waals surface area contributed by atoms with Gasteiger partial charge in [0.15, 0.2) is 0 Å². The number of nitrogens with zero attached hydrogens (tertiary/aromatic N) is 1. The van der Waals surface area contributed by atoms with Crippen molar-refractivity contribution in [3.63, 3.8) is 0 Å². The zero-order chi connectivity index (χ0) is 14.2. The average molecular weight is 269 g/mol. The van der Waals surface area contributed by atoms with Crippen LogP contribution in [0, 0.1) is 17.1 Å². The monoisotopic (exact) mass is 269 g/mol. The minimum Gasteiger partial charge on any atom is -0.377 e. The fourth-order valence-corrected chi connectivity index (χ4v) is 1.98.